The van der Waals surface area contributed by atoms with Crippen LogP contribution >= 0.6 is 0 Å². The minimum absolute atomic E-state index is 0.547. The summed E-state index contributed by atoms with van der Waals surface area (Å²) in [5.41, 5.74) is 5.07. The number of rotatable bonds is 2. The Morgan fingerprint density at radius 1 is 1.14 bits per heavy atom. The van der Waals surface area contributed by atoms with Crippen molar-refractivity contribution in [2.24, 2.45) is 11.0 Å². The van der Waals surface area contributed by atoms with Gasteiger partial charge in [0.2, 0.25) is 0 Å². The Labute approximate surface area is 124 Å². The van der Waals surface area contributed by atoms with Gasteiger partial charge in [-0.25, -0.2) is 0 Å². The van der Waals surface area contributed by atoms with Crippen LogP contribution < -0.4 is 9.75 Å². The highest BCUT2D eigenvalue weighted by Gasteiger charge is 2.32. The molecule has 0 N–H and O–H groups in total. The van der Waals surface area contributed by atoms with Crippen LogP contribution in [0, 0.1) is 5.92 Å². The normalized spacial score (nSPS) is 19.8. The third kappa shape index (κ3) is 2.09. The predicted molar refractivity (Wildman–Crippen MR) is 85.1 cm³/mol. The van der Waals surface area contributed by atoms with Gasteiger partial charge in [-0.05, 0) is 48.7 Å². The monoisotopic (exact) mass is 278 g/mol. The van der Waals surface area contributed by atoms with Gasteiger partial charge < -0.3 is 4.74 Å². The minimum atomic E-state index is 0.547. The molecule has 0 saturated heterocycles. The fourth-order valence-electron chi connectivity index (χ4n) is 3.30. The second kappa shape index (κ2) is 4.92. The maximum atomic E-state index is 5.33. The molecule has 1 aliphatic heterocycles. The van der Waals surface area contributed by atoms with E-state index in [1.807, 2.05) is 12.1 Å². The summed E-state index contributed by atoms with van der Waals surface area (Å²) in [6.45, 7) is 0.991. The van der Waals surface area contributed by atoms with Gasteiger partial charge in [-0.15, -0.1) is 0 Å². The van der Waals surface area contributed by atoms with E-state index >= 15 is 0 Å². The van der Waals surface area contributed by atoms with Gasteiger partial charge in [0.15, 0.2) is 0 Å². The summed E-state index contributed by atoms with van der Waals surface area (Å²) in [6, 6.07) is 16.8. The first-order valence-corrected chi connectivity index (χ1v) is 7.43. The number of nitrogens with zero attached hydrogens (tertiary/aromatic N) is 2. The van der Waals surface area contributed by atoms with Crippen LogP contribution in [0.5, 0.6) is 5.75 Å². The number of anilines is 1. The molecule has 3 heteroatoms. The van der Waals surface area contributed by atoms with E-state index in [4.69, 9.17) is 9.84 Å². The van der Waals surface area contributed by atoms with E-state index in [9.17, 15) is 0 Å². The van der Waals surface area contributed by atoms with E-state index in [0.29, 0.717) is 5.92 Å². The van der Waals surface area contributed by atoms with Crippen molar-refractivity contribution >= 4 is 11.4 Å². The number of aryl methyl sites for hydroxylation is 1. The Bertz CT molecular complexity index is 694. The summed E-state index contributed by atoms with van der Waals surface area (Å²) in [5, 5.41) is 7.02. The summed E-state index contributed by atoms with van der Waals surface area (Å²) in [6.07, 6.45) is 2.28. The Kier molecular flexibility index (Phi) is 2.92. The molecule has 106 valence electrons. The van der Waals surface area contributed by atoms with Crippen LogP contribution in [0.25, 0.3) is 0 Å². The SMILES string of the molecule is COc1ccc2c(c1)CC[C@H]1CN(c3ccccc3)N=C21. The van der Waals surface area contributed by atoms with E-state index in [0.717, 1.165) is 18.7 Å². The van der Waals surface area contributed by atoms with Crippen molar-refractivity contribution in [3.63, 3.8) is 0 Å². The molecule has 1 atom stereocenters. The molecule has 0 radical (unpaired) electrons. The number of methoxy groups -OCH3 is 1. The molecule has 21 heavy (non-hydrogen) atoms. The van der Waals surface area contributed by atoms with Gasteiger partial charge in [0.05, 0.1) is 25.1 Å². The number of ether oxygens (including phenoxy) is 1. The number of fused-ring (bicyclic) bond motifs is 3. The zero-order chi connectivity index (χ0) is 14.2. The molecule has 0 fully saturated rings. The number of benzene rings is 2. The molecule has 0 spiro atoms. The molecule has 2 aliphatic rings. The van der Waals surface area contributed by atoms with Crippen LogP contribution in [-0.2, 0) is 6.42 Å². The molecule has 0 aromatic heterocycles. The highest BCUT2D eigenvalue weighted by atomic mass is 16.5. The summed E-state index contributed by atoms with van der Waals surface area (Å²) < 4.78 is 5.33. The molecule has 1 heterocycles. The van der Waals surface area contributed by atoms with Crippen molar-refractivity contribution in [3.05, 3.63) is 59.7 Å². The third-order valence-electron chi connectivity index (χ3n) is 4.41. The van der Waals surface area contributed by atoms with Crippen molar-refractivity contribution in [3.8, 4) is 5.75 Å². The molecule has 2 aromatic rings. The standard InChI is InChI=1S/C18H18N2O/c1-21-16-9-10-17-13(11-16)7-8-14-12-20(19-18(14)17)15-5-3-2-4-6-15/h2-6,9-11,14H,7-8,12H2,1H3/t14-/m0/s1. The van der Waals surface area contributed by atoms with Gasteiger partial charge in [-0.2, -0.15) is 5.10 Å². The van der Waals surface area contributed by atoms with Crippen molar-refractivity contribution in [1.82, 2.24) is 0 Å². The lowest BCUT2D eigenvalue weighted by Crippen LogP contribution is -2.24. The Morgan fingerprint density at radius 3 is 2.81 bits per heavy atom. The quantitative estimate of drug-likeness (QED) is 0.840. The summed E-state index contributed by atoms with van der Waals surface area (Å²) in [5.74, 6) is 1.48. The van der Waals surface area contributed by atoms with Crippen molar-refractivity contribution < 1.29 is 4.74 Å². The Balaban J connectivity index is 1.72. The van der Waals surface area contributed by atoms with Gasteiger partial charge in [-0.3, -0.25) is 5.01 Å². The average molecular weight is 278 g/mol. The third-order valence-corrected chi connectivity index (χ3v) is 4.41. The van der Waals surface area contributed by atoms with Gasteiger partial charge >= 0.3 is 0 Å². The zero-order valence-electron chi connectivity index (χ0n) is 12.1. The lowest BCUT2D eigenvalue weighted by molar-refractivity contribution is 0.414. The average Bonchev–Trinajstić information content (AvgIpc) is 2.99. The van der Waals surface area contributed by atoms with Crippen LogP contribution in [0.4, 0.5) is 5.69 Å². The van der Waals surface area contributed by atoms with Gasteiger partial charge in [-0.1, -0.05) is 18.2 Å². The van der Waals surface area contributed by atoms with Gasteiger partial charge in [0.25, 0.3) is 0 Å². The molecule has 2 aromatic carbocycles. The highest BCUT2D eigenvalue weighted by Crippen LogP contribution is 2.34. The fourth-order valence-corrected chi connectivity index (χ4v) is 3.30. The molecule has 0 saturated carbocycles. The number of hydrogen-bond acceptors (Lipinski definition) is 3. The Hall–Kier alpha value is -2.29. The maximum absolute atomic E-state index is 5.33. The van der Waals surface area contributed by atoms with E-state index < -0.39 is 0 Å². The maximum Gasteiger partial charge on any atom is 0.119 e. The molecule has 0 unspecified atom stereocenters. The molecule has 0 bridgehead atoms. The van der Waals surface area contributed by atoms with Crippen LogP contribution in [0.1, 0.15) is 17.5 Å². The topological polar surface area (TPSA) is 24.8 Å². The summed E-state index contributed by atoms with van der Waals surface area (Å²) in [7, 11) is 1.72. The number of hydrogen-bond donors (Lipinski definition) is 0. The minimum Gasteiger partial charge on any atom is -0.497 e. The number of para-hydroxylation sites is 1. The van der Waals surface area contributed by atoms with E-state index in [1.165, 1.54) is 28.9 Å². The first kappa shape index (κ1) is 12.5. The fraction of sp³-hybridized carbons (Fsp3) is 0.278. The second-order valence-electron chi connectivity index (χ2n) is 5.66. The molecule has 3 nitrogen and oxygen atoms in total. The van der Waals surface area contributed by atoms with Crippen molar-refractivity contribution in [1.29, 1.82) is 0 Å². The number of hydrazone groups is 1. The van der Waals surface area contributed by atoms with Gasteiger partial charge in [0.1, 0.15) is 5.75 Å². The van der Waals surface area contributed by atoms with Crippen LogP contribution in [0.2, 0.25) is 0 Å². The molecular formula is C18H18N2O. The Morgan fingerprint density at radius 2 is 2.00 bits per heavy atom. The molecule has 4 rings (SSSR count). The van der Waals surface area contributed by atoms with Crippen LogP contribution in [0.3, 0.4) is 0 Å². The second-order valence-corrected chi connectivity index (χ2v) is 5.66. The van der Waals surface area contributed by atoms with E-state index in [2.05, 4.69) is 41.4 Å². The van der Waals surface area contributed by atoms with E-state index in [1.54, 1.807) is 7.11 Å². The largest absolute Gasteiger partial charge is 0.497 e. The van der Waals surface area contributed by atoms with Crippen LogP contribution in [-0.4, -0.2) is 19.4 Å². The molecule has 0 amide bonds. The lowest BCUT2D eigenvalue weighted by atomic mass is 9.82. The van der Waals surface area contributed by atoms with Gasteiger partial charge in [0, 0.05) is 11.5 Å². The summed E-state index contributed by atoms with van der Waals surface area (Å²) >= 11 is 0. The smallest absolute Gasteiger partial charge is 0.119 e. The summed E-state index contributed by atoms with van der Waals surface area (Å²) in [4.78, 5) is 0. The molecular weight excluding hydrogens is 260 g/mol. The highest BCUT2D eigenvalue weighted by molar-refractivity contribution is 6.06. The van der Waals surface area contributed by atoms with Crippen LogP contribution in [0.15, 0.2) is 53.6 Å². The van der Waals surface area contributed by atoms with E-state index in [-0.39, 0.29) is 0 Å². The van der Waals surface area contributed by atoms with Crippen molar-refractivity contribution in [2.45, 2.75) is 12.8 Å². The molecule has 1 aliphatic carbocycles. The zero-order valence-corrected chi connectivity index (χ0v) is 12.1. The van der Waals surface area contributed by atoms with Crippen molar-refractivity contribution in [2.75, 3.05) is 18.7 Å². The lowest BCUT2D eigenvalue weighted by Gasteiger charge is -2.22. The first-order chi connectivity index (χ1) is 10.3. The predicted octanol–water partition coefficient (Wildman–Crippen LogP) is 3.48. The first-order valence-electron chi connectivity index (χ1n) is 7.43.